The fourth-order valence-corrected chi connectivity index (χ4v) is 12.7. The number of aromatic amines is 1. The fourth-order valence-electron chi connectivity index (χ4n) is 7.53. The van der Waals surface area contributed by atoms with Crippen molar-refractivity contribution < 1.29 is 51.1 Å². The predicted molar refractivity (Wildman–Crippen MR) is 408 cm³/mol. The third-order valence-electron chi connectivity index (χ3n) is 19.2. The summed E-state index contributed by atoms with van der Waals surface area (Å²) >= 11 is 0. The minimum Gasteiger partial charge on any atom is -0.431 e. The maximum absolute atomic E-state index is 10.8. The Kier molecular flexibility index (Phi) is 36.8. The number of imidazole rings is 6. The molecule has 6 aromatic heterocycles. The standard InChI is InChI=1S/C13H26N2O2Si.2C13H24N2O2Si.2C12H24N2OSi.C4H6N2.C3H4O3/c2*1-11-9-15(12(10-16)14-11)7-8-17-18(5,6)13(2,3)4;1-11-9-14-12(10-16)15(11)7-8-17-18(5,6)13(2,3)4;1-11-9-14(10-13-11)7-8-15-16(5,6)12(2,3)4;1-11-9-13-10-14(11)7-8-15-16(5,6)12(2,3)4;1-4-2-5-3-6-4;4-3-5-1-2-6-3/h9,16H,7-8,10H2,1-6H3;2*9-10H,7-8H2,1-6H3;2*9-10H,7-8H2,1-6H3;2-3H,1H3,(H,5,6);1-2H2. The molecule has 0 amide bonds. The molecule has 0 atom stereocenters. The van der Waals surface area contributed by atoms with Crippen molar-refractivity contribution in [2.45, 2.75) is 275 Å². The van der Waals surface area contributed by atoms with E-state index in [4.69, 9.17) is 22.1 Å². The average Bonchev–Trinajstić information content (AvgIpc) is 0.960. The van der Waals surface area contributed by atoms with Crippen molar-refractivity contribution in [1.29, 1.82) is 0 Å². The highest BCUT2D eigenvalue weighted by Gasteiger charge is 2.40. The second kappa shape index (κ2) is 39.8. The number of aromatic nitrogens is 12. The lowest BCUT2D eigenvalue weighted by Crippen LogP contribution is -2.41. The van der Waals surface area contributed by atoms with Gasteiger partial charge in [-0.25, -0.2) is 34.7 Å². The summed E-state index contributed by atoms with van der Waals surface area (Å²) in [4.78, 5) is 58.9. The molecule has 0 saturated carbocycles. The first-order valence-electron chi connectivity index (χ1n) is 34.3. The highest BCUT2D eigenvalue weighted by atomic mass is 28.4. The monoisotopic (exact) mass is 1460 g/mol. The number of hydrogen-bond acceptors (Lipinski definition) is 17. The van der Waals surface area contributed by atoms with Crippen LogP contribution in [0.2, 0.25) is 90.7 Å². The fraction of sp³-hybridized carbons (Fsp3) is 0.700. The van der Waals surface area contributed by atoms with Crippen LogP contribution in [0.15, 0.2) is 56.2 Å². The lowest BCUT2D eigenvalue weighted by atomic mass is 10.2. The highest BCUT2D eigenvalue weighted by Crippen LogP contribution is 2.40. The number of rotatable bonds is 23. The summed E-state index contributed by atoms with van der Waals surface area (Å²) in [7, 11) is -8.26. The van der Waals surface area contributed by atoms with Crippen LogP contribution < -0.4 is 0 Å². The zero-order chi connectivity index (χ0) is 75.5. The zero-order valence-electron chi connectivity index (χ0n) is 66.5. The number of aliphatic hydroxyl groups is 1. The third-order valence-corrected chi connectivity index (χ3v) is 41.9. The number of H-pyrrole nitrogens is 1. The molecule has 0 radical (unpaired) electrons. The molecular weight excluding hydrogens is 1330 g/mol. The maximum Gasteiger partial charge on any atom is 0.508 e. The summed E-state index contributed by atoms with van der Waals surface area (Å²) in [6.07, 6.45) is 17.7. The minimum atomic E-state index is -1.71. The van der Waals surface area contributed by atoms with Gasteiger partial charge in [-0.2, -0.15) is 0 Å². The highest BCUT2D eigenvalue weighted by molar-refractivity contribution is 6.75. The topological polar surface area (TPSA) is 254 Å². The van der Waals surface area contributed by atoms with Crippen LogP contribution >= 0.6 is 0 Å². The number of aliphatic hydroxyl groups excluding tert-OH is 1. The summed E-state index contributed by atoms with van der Waals surface area (Å²) in [6.45, 7) is 76.2. The molecule has 0 aromatic carbocycles. The predicted octanol–water partition coefficient (Wildman–Crippen LogP) is 16.1. The Bertz CT molecular complexity index is 3230. The first-order chi connectivity index (χ1) is 44.8. The lowest BCUT2D eigenvalue weighted by Gasteiger charge is -2.36. The molecular formula is C70H132N12O11Si5. The first-order valence-corrected chi connectivity index (χ1v) is 48.8. The Labute approximate surface area is 595 Å². The number of cyclic esters (lactones) is 2. The van der Waals surface area contributed by atoms with Crippen LogP contribution in [0.25, 0.3) is 0 Å². The van der Waals surface area contributed by atoms with E-state index < -0.39 is 47.7 Å². The van der Waals surface area contributed by atoms with Gasteiger partial charge < -0.3 is 64.5 Å². The molecule has 1 fully saturated rings. The molecule has 0 bridgehead atoms. The second-order valence-electron chi connectivity index (χ2n) is 32.4. The van der Waals surface area contributed by atoms with Gasteiger partial charge in [0.15, 0.2) is 65.8 Å². The van der Waals surface area contributed by atoms with Crippen LogP contribution in [-0.4, -0.2) is 169 Å². The third kappa shape index (κ3) is 32.1. The molecule has 1 aliphatic heterocycles. The van der Waals surface area contributed by atoms with E-state index in [1.54, 1.807) is 18.7 Å². The van der Waals surface area contributed by atoms with Crippen molar-refractivity contribution in [1.82, 2.24) is 57.7 Å². The molecule has 0 unspecified atom stereocenters. The molecule has 28 heteroatoms. The van der Waals surface area contributed by atoms with Gasteiger partial charge >= 0.3 is 6.16 Å². The molecule has 2 N–H and O–H groups in total. The van der Waals surface area contributed by atoms with Gasteiger partial charge in [0.05, 0.1) is 69.1 Å². The lowest BCUT2D eigenvalue weighted by molar-refractivity contribution is 0.110. The van der Waals surface area contributed by atoms with E-state index in [2.05, 4.69) is 236 Å². The average molecular weight is 1460 g/mol. The van der Waals surface area contributed by atoms with Crippen LogP contribution in [0.3, 0.4) is 0 Å². The van der Waals surface area contributed by atoms with Crippen LogP contribution in [0, 0.1) is 41.5 Å². The Hall–Kier alpha value is -5.29. The van der Waals surface area contributed by atoms with E-state index in [1.807, 2.05) is 79.6 Å². The largest absolute Gasteiger partial charge is 0.508 e. The first kappa shape index (κ1) is 90.7. The molecule has 7 rings (SSSR count). The van der Waals surface area contributed by atoms with E-state index in [1.165, 1.54) is 5.69 Å². The molecule has 98 heavy (non-hydrogen) atoms. The van der Waals surface area contributed by atoms with Gasteiger partial charge in [0.25, 0.3) is 0 Å². The number of carbonyl (C=O) groups is 3. The molecule has 0 spiro atoms. The van der Waals surface area contributed by atoms with Gasteiger partial charge in [-0.05, 0) is 132 Å². The Morgan fingerprint density at radius 3 is 1.22 bits per heavy atom. The number of aryl methyl sites for hydroxylation is 6. The number of ether oxygens (including phenoxy) is 2. The molecule has 7 heterocycles. The number of carbonyl (C=O) groups excluding carboxylic acids is 3. The summed E-state index contributed by atoms with van der Waals surface area (Å²) in [5, 5.41) is 10.4. The van der Waals surface area contributed by atoms with Crippen LogP contribution in [0.1, 0.15) is 165 Å². The number of nitrogens with one attached hydrogen (secondary N) is 1. The van der Waals surface area contributed by atoms with Gasteiger partial charge in [-0.15, -0.1) is 0 Å². The van der Waals surface area contributed by atoms with Gasteiger partial charge in [-0.3, -0.25) is 9.59 Å². The summed E-state index contributed by atoms with van der Waals surface area (Å²) < 4.78 is 49.0. The summed E-state index contributed by atoms with van der Waals surface area (Å²) in [5.41, 5.74) is 6.16. The summed E-state index contributed by atoms with van der Waals surface area (Å²) in [6, 6.07) is 0. The Morgan fingerprint density at radius 1 is 0.480 bits per heavy atom. The van der Waals surface area contributed by atoms with E-state index >= 15 is 0 Å². The quantitative estimate of drug-likeness (QED) is 0.0343. The van der Waals surface area contributed by atoms with E-state index in [9.17, 15) is 19.5 Å². The number of nitrogens with zero attached hydrogens (tertiary/aromatic N) is 11. The normalized spacial score (nSPS) is 13.1. The number of hydrogen-bond donors (Lipinski definition) is 2. The maximum atomic E-state index is 10.8. The van der Waals surface area contributed by atoms with Crippen molar-refractivity contribution >= 4 is 60.3 Å². The zero-order valence-corrected chi connectivity index (χ0v) is 71.5. The van der Waals surface area contributed by atoms with Crippen molar-refractivity contribution in [3.05, 3.63) is 108 Å². The minimum absolute atomic E-state index is 0.0199. The molecule has 0 aliphatic carbocycles. The van der Waals surface area contributed by atoms with Crippen LogP contribution in [-0.2, 0) is 70.9 Å². The summed E-state index contributed by atoms with van der Waals surface area (Å²) in [5.74, 6) is 1.67. The van der Waals surface area contributed by atoms with Gasteiger partial charge in [-0.1, -0.05) is 104 Å². The Morgan fingerprint density at radius 2 is 0.888 bits per heavy atom. The van der Waals surface area contributed by atoms with E-state index in [0.29, 0.717) is 63.6 Å². The molecule has 1 saturated heterocycles. The molecule has 1 aliphatic rings. The van der Waals surface area contributed by atoms with Gasteiger partial charge in [0, 0.05) is 87.0 Å². The molecule has 558 valence electrons. The SMILES string of the molecule is Cc1cn(CCO[Si](C)(C)C(C)(C)C)c(C=O)n1.Cc1cn(CCO[Si](C)(C)C(C)(C)C)c(CO)n1.Cc1cn(CCO[Si](C)(C)C(C)(C)C)cn1.Cc1cnc(C=O)n1CCO[Si](C)(C)C(C)(C)C.Cc1cnc[nH]1.Cc1cncn1CCO[Si](C)(C)C(C)(C)C.O=C1OCCO1. The van der Waals surface area contributed by atoms with E-state index in [0.717, 1.165) is 73.9 Å². The number of aldehydes is 2. The van der Waals surface area contributed by atoms with Gasteiger partial charge in [0.1, 0.15) is 25.6 Å². The second-order valence-corrected chi connectivity index (χ2v) is 56.5. The smallest absolute Gasteiger partial charge is 0.431 e. The van der Waals surface area contributed by atoms with Crippen molar-refractivity contribution in [2.24, 2.45) is 0 Å². The van der Waals surface area contributed by atoms with Crippen molar-refractivity contribution in [2.75, 3.05) is 46.2 Å². The van der Waals surface area contributed by atoms with E-state index in [-0.39, 0.29) is 31.8 Å². The van der Waals surface area contributed by atoms with Crippen LogP contribution in [0.5, 0.6) is 0 Å². The Balaban J connectivity index is 0.000000586. The molecule has 6 aromatic rings. The van der Waals surface area contributed by atoms with Crippen molar-refractivity contribution in [3.8, 4) is 0 Å². The van der Waals surface area contributed by atoms with Crippen LogP contribution in [0.4, 0.5) is 4.79 Å². The van der Waals surface area contributed by atoms with Gasteiger partial charge in [0.2, 0.25) is 0 Å². The van der Waals surface area contributed by atoms with Crippen molar-refractivity contribution in [3.63, 3.8) is 0 Å². The molecule has 23 nitrogen and oxygen atoms in total.